The second kappa shape index (κ2) is 6.57. The number of quaternary nitrogens is 1. The zero-order chi connectivity index (χ0) is 9.49. The molecule has 3 N–H and O–H groups in total. The van der Waals surface area contributed by atoms with Crippen LogP contribution in [0, 0.1) is 0 Å². The Bertz CT molecular complexity index is 80.3. The molecule has 0 aromatic rings. The summed E-state index contributed by atoms with van der Waals surface area (Å²) in [6.45, 7) is 1.11. The first-order chi connectivity index (χ1) is 4.79. The third-order valence-electron chi connectivity index (χ3n) is 0.771. The van der Waals surface area contributed by atoms with Crippen LogP contribution in [0.2, 0.25) is 0 Å². The van der Waals surface area contributed by atoms with E-state index in [0.717, 1.165) is 11.0 Å². The van der Waals surface area contributed by atoms with E-state index in [1.165, 1.54) is 0 Å². The minimum atomic E-state index is -2.42. The van der Waals surface area contributed by atoms with E-state index in [1.807, 2.05) is 0 Å². The molecule has 11 heavy (non-hydrogen) atoms. The Balaban J connectivity index is 0. The third-order valence-corrected chi connectivity index (χ3v) is 0.771. The Morgan fingerprint density at radius 2 is 1.55 bits per heavy atom. The molecule has 0 aliphatic carbocycles. The number of likely N-dealkylation sites (N-methyl/N-ethyl adjacent to an activating group) is 1. The first-order valence-corrected chi connectivity index (χ1v) is 3.23. The van der Waals surface area contributed by atoms with Crippen molar-refractivity contribution in [1.82, 2.24) is 0 Å². The number of hydrogen-bond donors (Lipinski definition) is 3. The van der Waals surface area contributed by atoms with Crippen LogP contribution in [0.3, 0.4) is 0 Å². The van der Waals surface area contributed by atoms with Crippen molar-refractivity contribution in [2.24, 2.45) is 0 Å². The molecule has 0 unspecified atom stereocenters. The van der Waals surface area contributed by atoms with Gasteiger partial charge in [-0.2, -0.15) is 0 Å². The maximum atomic E-state index is 8.64. The topological polar surface area (TPSA) is 83.8 Å². The van der Waals surface area contributed by atoms with Crippen molar-refractivity contribution in [1.29, 1.82) is 0 Å². The number of rotatable bonds is 2. The smallest absolute Gasteiger partial charge is 0.339 e. The van der Waals surface area contributed by atoms with Crippen LogP contribution in [-0.4, -0.2) is 61.3 Å². The van der Waals surface area contributed by atoms with E-state index in [1.54, 1.807) is 0 Å². The highest BCUT2D eigenvalue weighted by Gasteiger charge is 2.02. The Kier molecular flexibility index (Phi) is 8.03. The molecule has 0 saturated heterocycles. The van der Waals surface area contributed by atoms with Gasteiger partial charge in [0.25, 0.3) is 0 Å². The highest BCUT2D eigenvalue weighted by Crippen LogP contribution is 1.84. The van der Waals surface area contributed by atoms with Gasteiger partial charge in [-0.25, -0.2) is 0 Å². The summed E-state index contributed by atoms with van der Waals surface area (Å²) in [6.07, 6.45) is 0. The van der Waals surface area contributed by atoms with Gasteiger partial charge in [-0.05, 0) is 0 Å². The lowest BCUT2D eigenvalue weighted by molar-refractivity contribution is -0.870. The maximum Gasteiger partial charge on any atom is 0.339 e. The number of hydrogen-bond acceptors (Lipinski definition) is 4. The Morgan fingerprint density at radius 1 is 1.27 bits per heavy atom. The predicted octanol–water partition coefficient (Wildman–Crippen LogP) is -3.00. The van der Waals surface area contributed by atoms with Crippen molar-refractivity contribution in [3.63, 3.8) is 0 Å². The van der Waals surface area contributed by atoms with Crippen LogP contribution < -0.4 is 5.02 Å². The molecule has 0 amide bonds. The minimum absolute atomic E-state index is 0.281. The molecule has 0 atom stereocenters. The van der Waals surface area contributed by atoms with E-state index in [4.69, 9.17) is 20.2 Å². The SMILES string of the molecule is C[N+](C)(C)CCO.[O-]B(O)O. The van der Waals surface area contributed by atoms with Crippen molar-refractivity contribution in [2.75, 3.05) is 34.3 Å². The molecule has 0 bridgehead atoms. The molecule has 6 heteroatoms. The van der Waals surface area contributed by atoms with Crippen LogP contribution in [0.4, 0.5) is 0 Å². The zero-order valence-corrected chi connectivity index (χ0v) is 7.19. The minimum Gasteiger partial charge on any atom is -0.832 e. The average molecular weight is 165 g/mol. The normalized spacial score (nSPS) is 10.1. The van der Waals surface area contributed by atoms with Gasteiger partial charge in [0.05, 0.1) is 27.7 Å². The summed E-state index contributed by atoms with van der Waals surface area (Å²) >= 11 is 0. The van der Waals surface area contributed by atoms with Crippen LogP contribution in [0.25, 0.3) is 0 Å². The van der Waals surface area contributed by atoms with Crippen LogP contribution >= 0.6 is 0 Å². The molecule has 0 aromatic heterocycles. The molecule has 0 aliphatic rings. The molecule has 0 aromatic carbocycles. The van der Waals surface area contributed by atoms with Gasteiger partial charge in [0.2, 0.25) is 0 Å². The molecule has 0 aliphatic heterocycles. The summed E-state index contributed by atoms with van der Waals surface area (Å²) in [7, 11) is 3.74. The van der Waals surface area contributed by atoms with E-state index in [0.29, 0.717) is 0 Å². The molecule has 0 spiro atoms. The fraction of sp³-hybridized carbons (Fsp3) is 1.00. The summed E-state index contributed by atoms with van der Waals surface area (Å²) in [5, 5.41) is 31.1. The van der Waals surface area contributed by atoms with Crippen molar-refractivity contribution in [3.05, 3.63) is 0 Å². The Hall–Kier alpha value is -0.135. The number of aliphatic hydroxyl groups is 1. The molecular weight excluding hydrogens is 149 g/mol. The molecule has 68 valence electrons. The highest BCUT2D eigenvalue weighted by atomic mass is 16.5. The summed E-state index contributed by atoms with van der Waals surface area (Å²) in [6, 6.07) is 0. The van der Waals surface area contributed by atoms with E-state index >= 15 is 0 Å². The lowest BCUT2D eigenvalue weighted by Crippen LogP contribution is -2.36. The molecule has 0 radical (unpaired) electrons. The lowest BCUT2D eigenvalue weighted by atomic mass is 10.3. The van der Waals surface area contributed by atoms with Crippen molar-refractivity contribution in [2.45, 2.75) is 0 Å². The summed E-state index contributed by atoms with van der Waals surface area (Å²) in [5.41, 5.74) is 0. The molecule has 0 heterocycles. The average Bonchev–Trinajstić information content (AvgIpc) is 1.58. The Labute approximate surface area is 67.3 Å². The monoisotopic (exact) mass is 165 g/mol. The van der Waals surface area contributed by atoms with Gasteiger partial charge < -0.3 is 24.7 Å². The van der Waals surface area contributed by atoms with Gasteiger partial charge in [0, 0.05) is 0 Å². The fourth-order valence-electron chi connectivity index (χ4n) is 0.300. The van der Waals surface area contributed by atoms with Gasteiger partial charge >= 0.3 is 7.32 Å². The standard InChI is InChI=1S/C5H14NO.BH2O3/c1-6(2,3)4-5-7;2-1(3)4/h7H,4-5H2,1-3H3;2-3H/q+1;-1. The largest absolute Gasteiger partial charge is 0.832 e. The summed E-state index contributed by atoms with van der Waals surface area (Å²) in [5.74, 6) is 0. The van der Waals surface area contributed by atoms with Gasteiger partial charge in [-0.15, -0.1) is 0 Å². The first kappa shape index (κ1) is 13.5. The van der Waals surface area contributed by atoms with Gasteiger partial charge in [-0.1, -0.05) is 0 Å². The highest BCUT2D eigenvalue weighted by molar-refractivity contribution is 6.28. The fourth-order valence-corrected chi connectivity index (χ4v) is 0.300. The number of aliphatic hydroxyl groups excluding tert-OH is 1. The van der Waals surface area contributed by atoms with Crippen molar-refractivity contribution >= 4 is 7.32 Å². The third kappa shape index (κ3) is 40.9. The van der Waals surface area contributed by atoms with E-state index in [9.17, 15) is 0 Å². The quantitative estimate of drug-likeness (QED) is 0.300. The molecule has 0 saturated carbocycles. The number of nitrogens with zero attached hydrogens (tertiary/aromatic N) is 1. The van der Waals surface area contributed by atoms with E-state index < -0.39 is 7.32 Å². The van der Waals surface area contributed by atoms with Crippen LogP contribution in [0.15, 0.2) is 0 Å². The van der Waals surface area contributed by atoms with E-state index in [-0.39, 0.29) is 6.61 Å². The first-order valence-electron chi connectivity index (χ1n) is 3.23. The summed E-state index contributed by atoms with van der Waals surface area (Å²) < 4.78 is 0.844. The molecule has 5 nitrogen and oxygen atoms in total. The van der Waals surface area contributed by atoms with Gasteiger partial charge in [0.15, 0.2) is 0 Å². The molecule has 0 rings (SSSR count). The van der Waals surface area contributed by atoms with Crippen LogP contribution in [-0.2, 0) is 0 Å². The van der Waals surface area contributed by atoms with Gasteiger partial charge in [0.1, 0.15) is 6.54 Å². The predicted molar refractivity (Wildman–Crippen MR) is 40.2 cm³/mol. The Morgan fingerprint density at radius 3 is 1.55 bits per heavy atom. The van der Waals surface area contributed by atoms with Gasteiger partial charge in [-0.3, -0.25) is 0 Å². The van der Waals surface area contributed by atoms with Crippen molar-refractivity contribution < 1.29 is 24.7 Å². The summed E-state index contributed by atoms with van der Waals surface area (Å²) in [4.78, 5) is 0. The molecule has 0 fully saturated rings. The zero-order valence-electron chi connectivity index (χ0n) is 7.19. The second-order valence-corrected chi connectivity index (χ2v) is 3.06. The molecular formula is C5H16BNO4. The maximum absolute atomic E-state index is 8.64. The lowest BCUT2D eigenvalue weighted by Gasteiger charge is -2.21. The van der Waals surface area contributed by atoms with E-state index in [2.05, 4.69) is 21.1 Å². The van der Waals surface area contributed by atoms with Crippen LogP contribution in [0.5, 0.6) is 0 Å². The second-order valence-electron chi connectivity index (χ2n) is 3.06. The van der Waals surface area contributed by atoms with Crippen molar-refractivity contribution in [3.8, 4) is 0 Å². The van der Waals surface area contributed by atoms with Crippen LogP contribution in [0.1, 0.15) is 0 Å².